The van der Waals surface area contributed by atoms with E-state index in [9.17, 15) is 9.59 Å². The molecule has 38 heavy (non-hydrogen) atoms. The van der Waals surface area contributed by atoms with Gasteiger partial charge in [0.1, 0.15) is 18.4 Å². The summed E-state index contributed by atoms with van der Waals surface area (Å²) < 4.78 is 10.8. The SMILES string of the molecule is CC.CC1CCCCO[C@H](C(=O)NCC#N)C1.CCC(C)c1cc(-c2ccc(C)cc2)ccc1OC(C)=O. The summed E-state index contributed by atoms with van der Waals surface area (Å²) in [5.74, 6) is 1.12. The second kappa shape index (κ2) is 18.1. The average Bonchev–Trinajstić information content (AvgIpc) is 2.90. The number of nitrogens with one attached hydrogen (secondary N) is 1. The zero-order valence-corrected chi connectivity index (χ0v) is 24.3. The maximum absolute atomic E-state index is 11.6. The Labute approximate surface area is 229 Å². The molecule has 3 atom stereocenters. The van der Waals surface area contributed by atoms with Crippen molar-refractivity contribution in [2.75, 3.05) is 13.2 Å². The standard InChI is InChI=1S/C19H22O2.C11H18N2O2.C2H6/c1-5-14(3)18-12-17(10-11-19(18)21-15(4)20)16-8-6-13(2)7-9-16;1-9-4-2-3-7-15-10(8-9)11(14)13-6-5-12;1-2/h6-12,14H,5H2,1-4H3;9-10H,2-4,6-8H2,1H3,(H,13,14);1-2H3/t;9?,10-;/m.0./s1. The number of hydrogen-bond acceptors (Lipinski definition) is 5. The van der Waals surface area contributed by atoms with Crippen LogP contribution in [0.3, 0.4) is 0 Å². The van der Waals surface area contributed by atoms with Crippen LogP contribution in [-0.4, -0.2) is 31.1 Å². The molecule has 1 fully saturated rings. The predicted octanol–water partition coefficient (Wildman–Crippen LogP) is 7.35. The Bertz CT molecular complexity index is 1030. The highest BCUT2D eigenvalue weighted by Gasteiger charge is 2.23. The molecule has 1 N–H and O–H groups in total. The first-order valence-corrected chi connectivity index (χ1v) is 13.9. The number of nitriles is 1. The summed E-state index contributed by atoms with van der Waals surface area (Å²) in [4.78, 5) is 22.8. The third-order valence-electron chi connectivity index (χ3n) is 6.45. The highest BCUT2D eigenvalue weighted by Crippen LogP contribution is 2.33. The van der Waals surface area contributed by atoms with E-state index in [1.165, 1.54) is 24.5 Å². The Morgan fingerprint density at radius 2 is 1.79 bits per heavy atom. The van der Waals surface area contributed by atoms with E-state index in [4.69, 9.17) is 14.7 Å². The Kier molecular flexibility index (Phi) is 15.7. The Morgan fingerprint density at radius 3 is 2.39 bits per heavy atom. The van der Waals surface area contributed by atoms with Gasteiger partial charge in [-0.25, -0.2) is 0 Å². The van der Waals surface area contributed by atoms with E-state index in [1.807, 2.05) is 32.0 Å². The highest BCUT2D eigenvalue weighted by atomic mass is 16.5. The van der Waals surface area contributed by atoms with Gasteiger partial charge in [0.15, 0.2) is 0 Å². The summed E-state index contributed by atoms with van der Waals surface area (Å²) in [7, 11) is 0. The first kappa shape index (κ1) is 32.9. The number of rotatable bonds is 6. The Morgan fingerprint density at radius 1 is 1.13 bits per heavy atom. The van der Waals surface area contributed by atoms with Crippen LogP contribution in [0.2, 0.25) is 0 Å². The lowest BCUT2D eigenvalue weighted by molar-refractivity contribution is -0.134. The molecule has 0 spiro atoms. The van der Waals surface area contributed by atoms with E-state index in [0.717, 1.165) is 36.8 Å². The smallest absolute Gasteiger partial charge is 0.308 e. The summed E-state index contributed by atoms with van der Waals surface area (Å²) in [5, 5.41) is 10.9. The number of ether oxygens (including phenoxy) is 2. The summed E-state index contributed by atoms with van der Waals surface area (Å²) in [6.07, 6.45) is 4.75. The van der Waals surface area contributed by atoms with Crippen LogP contribution in [-0.2, 0) is 14.3 Å². The molecule has 1 aliphatic rings. The number of amides is 1. The molecule has 2 unspecified atom stereocenters. The molecule has 1 saturated heterocycles. The minimum atomic E-state index is -0.367. The van der Waals surface area contributed by atoms with Crippen LogP contribution in [0.15, 0.2) is 42.5 Å². The number of benzene rings is 2. The van der Waals surface area contributed by atoms with Crippen molar-refractivity contribution in [2.24, 2.45) is 5.92 Å². The molecule has 1 amide bonds. The van der Waals surface area contributed by atoms with Crippen LogP contribution in [0.1, 0.15) is 90.7 Å². The van der Waals surface area contributed by atoms with Crippen molar-refractivity contribution in [1.29, 1.82) is 5.26 Å². The van der Waals surface area contributed by atoms with E-state index in [0.29, 0.717) is 24.2 Å². The molecule has 0 saturated carbocycles. The second-order valence-electron chi connectivity index (χ2n) is 9.59. The normalized spacial score (nSPS) is 17.5. The van der Waals surface area contributed by atoms with Gasteiger partial charge in [0, 0.05) is 13.5 Å². The van der Waals surface area contributed by atoms with E-state index >= 15 is 0 Å². The molecule has 1 aliphatic heterocycles. The van der Waals surface area contributed by atoms with Gasteiger partial charge < -0.3 is 14.8 Å². The van der Waals surface area contributed by atoms with Gasteiger partial charge in [-0.1, -0.05) is 83.4 Å². The van der Waals surface area contributed by atoms with Crippen LogP contribution in [0.4, 0.5) is 0 Å². The van der Waals surface area contributed by atoms with Gasteiger partial charge in [-0.15, -0.1) is 0 Å². The molecule has 208 valence electrons. The number of carbonyl (C=O) groups excluding carboxylic acids is 2. The van der Waals surface area contributed by atoms with Crippen LogP contribution in [0, 0.1) is 24.2 Å². The van der Waals surface area contributed by atoms with Crippen molar-refractivity contribution >= 4 is 11.9 Å². The summed E-state index contributed by atoms with van der Waals surface area (Å²) >= 11 is 0. The molecule has 0 bridgehead atoms. The number of nitrogens with zero attached hydrogens (tertiary/aromatic N) is 1. The lowest BCUT2D eigenvalue weighted by atomic mass is 9.93. The quantitative estimate of drug-likeness (QED) is 0.243. The molecule has 6 heteroatoms. The third kappa shape index (κ3) is 11.5. The number of esters is 1. The van der Waals surface area contributed by atoms with Gasteiger partial charge >= 0.3 is 5.97 Å². The third-order valence-corrected chi connectivity index (χ3v) is 6.45. The summed E-state index contributed by atoms with van der Waals surface area (Å²) in [6.45, 7) is 14.7. The Balaban J connectivity index is 0.000000375. The van der Waals surface area contributed by atoms with Gasteiger partial charge in [-0.05, 0) is 66.8 Å². The fraction of sp³-hybridized carbons (Fsp3) is 0.531. The van der Waals surface area contributed by atoms with Crippen molar-refractivity contribution < 1.29 is 19.1 Å². The zero-order chi connectivity index (χ0) is 28.5. The number of hydrogen-bond donors (Lipinski definition) is 1. The number of aryl methyl sites for hydroxylation is 1. The molecule has 0 aromatic heterocycles. The lowest BCUT2D eigenvalue weighted by Gasteiger charge is -2.23. The fourth-order valence-corrected chi connectivity index (χ4v) is 4.12. The maximum atomic E-state index is 11.6. The molecule has 1 heterocycles. The average molecular weight is 523 g/mol. The first-order valence-electron chi connectivity index (χ1n) is 13.9. The van der Waals surface area contributed by atoms with Crippen molar-refractivity contribution in [2.45, 2.75) is 92.6 Å². The molecular weight excluding hydrogens is 476 g/mol. The Hall–Kier alpha value is -3.17. The van der Waals surface area contributed by atoms with Crippen molar-refractivity contribution in [1.82, 2.24) is 5.32 Å². The van der Waals surface area contributed by atoms with E-state index in [2.05, 4.69) is 63.3 Å². The minimum Gasteiger partial charge on any atom is -0.426 e. The maximum Gasteiger partial charge on any atom is 0.308 e. The number of carbonyl (C=O) groups is 2. The van der Waals surface area contributed by atoms with Crippen molar-refractivity contribution in [3.05, 3.63) is 53.6 Å². The van der Waals surface area contributed by atoms with Crippen molar-refractivity contribution in [3.63, 3.8) is 0 Å². The molecule has 2 aromatic rings. The van der Waals surface area contributed by atoms with Crippen LogP contribution in [0.25, 0.3) is 11.1 Å². The second-order valence-corrected chi connectivity index (χ2v) is 9.59. The summed E-state index contributed by atoms with van der Waals surface area (Å²) in [5.41, 5.74) is 4.67. The van der Waals surface area contributed by atoms with Gasteiger partial charge in [0.05, 0.1) is 6.07 Å². The lowest BCUT2D eigenvalue weighted by Crippen LogP contribution is -2.38. The van der Waals surface area contributed by atoms with Gasteiger partial charge in [0.2, 0.25) is 5.91 Å². The molecule has 2 aromatic carbocycles. The van der Waals surface area contributed by atoms with Crippen LogP contribution in [0.5, 0.6) is 5.75 Å². The molecular formula is C32H46N2O4. The summed E-state index contributed by atoms with van der Waals surface area (Å²) in [6, 6.07) is 16.4. The zero-order valence-electron chi connectivity index (χ0n) is 24.3. The largest absolute Gasteiger partial charge is 0.426 e. The fourth-order valence-electron chi connectivity index (χ4n) is 4.12. The topological polar surface area (TPSA) is 88.4 Å². The van der Waals surface area contributed by atoms with Crippen LogP contribution >= 0.6 is 0 Å². The molecule has 0 radical (unpaired) electrons. The predicted molar refractivity (Wildman–Crippen MR) is 154 cm³/mol. The molecule has 0 aliphatic carbocycles. The van der Waals surface area contributed by atoms with Gasteiger partial charge in [-0.3, -0.25) is 9.59 Å². The van der Waals surface area contributed by atoms with Gasteiger partial charge in [-0.2, -0.15) is 5.26 Å². The molecule has 3 rings (SSSR count). The minimum absolute atomic E-state index is 0.0626. The van der Waals surface area contributed by atoms with Gasteiger partial charge in [0.25, 0.3) is 0 Å². The highest BCUT2D eigenvalue weighted by molar-refractivity contribution is 5.81. The monoisotopic (exact) mass is 522 g/mol. The molecule has 6 nitrogen and oxygen atoms in total. The first-order chi connectivity index (χ1) is 18.2. The van der Waals surface area contributed by atoms with E-state index in [1.54, 1.807) is 0 Å². The van der Waals surface area contributed by atoms with Crippen LogP contribution < -0.4 is 10.1 Å². The van der Waals surface area contributed by atoms with E-state index < -0.39 is 0 Å². The van der Waals surface area contributed by atoms with E-state index in [-0.39, 0.29) is 24.5 Å². The van der Waals surface area contributed by atoms with Crippen molar-refractivity contribution in [3.8, 4) is 22.9 Å².